The van der Waals surface area contributed by atoms with E-state index in [2.05, 4.69) is 10.5 Å². The van der Waals surface area contributed by atoms with E-state index in [1.54, 1.807) is 30.3 Å². The van der Waals surface area contributed by atoms with Gasteiger partial charge in [0.1, 0.15) is 11.7 Å². The van der Waals surface area contributed by atoms with Gasteiger partial charge in [-0.1, -0.05) is 61.8 Å². The summed E-state index contributed by atoms with van der Waals surface area (Å²) in [5, 5.41) is 15.6. The first kappa shape index (κ1) is 27.5. The molecule has 1 aromatic heterocycles. The van der Waals surface area contributed by atoms with Gasteiger partial charge in [0.2, 0.25) is 11.7 Å². The predicted molar refractivity (Wildman–Crippen MR) is 142 cm³/mol. The zero-order valence-corrected chi connectivity index (χ0v) is 21.9. The maximum atomic E-state index is 13.8. The van der Waals surface area contributed by atoms with Crippen LogP contribution in [0.4, 0.5) is 11.5 Å². The second-order valence-electron chi connectivity index (χ2n) is 9.92. The molecule has 2 aromatic carbocycles. The number of halogens is 1. The van der Waals surface area contributed by atoms with Crippen LogP contribution in [-0.4, -0.2) is 39.6 Å². The number of anilines is 2. The molecule has 4 rings (SSSR count). The molecule has 0 radical (unpaired) electrons. The Kier molecular flexibility index (Phi) is 7.51. The number of nitrogens with zero attached hydrogens (tertiary/aromatic N) is 2. The average molecular weight is 550 g/mol. The van der Waals surface area contributed by atoms with E-state index in [-0.39, 0.29) is 17.1 Å². The Labute approximate surface area is 228 Å². The van der Waals surface area contributed by atoms with Gasteiger partial charge in [-0.25, -0.2) is 4.79 Å². The lowest BCUT2D eigenvalue weighted by Gasteiger charge is -2.25. The van der Waals surface area contributed by atoms with Gasteiger partial charge in [0, 0.05) is 39.9 Å². The molecule has 3 aromatic rings. The van der Waals surface area contributed by atoms with Gasteiger partial charge < -0.3 is 14.9 Å². The molecule has 2 atom stereocenters. The fourth-order valence-corrected chi connectivity index (χ4v) is 4.30. The monoisotopic (exact) mass is 549 g/mol. The Bertz CT molecular complexity index is 1500. The van der Waals surface area contributed by atoms with Crippen molar-refractivity contribution in [2.24, 2.45) is 5.92 Å². The minimum atomic E-state index is -1.42. The van der Waals surface area contributed by atoms with Crippen molar-refractivity contribution in [3.05, 3.63) is 88.7 Å². The van der Waals surface area contributed by atoms with Crippen LogP contribution in [0.5, 0.6) is 0 Å². The smallest absolute Gasteiger partial charge is 0.328 e. The van der Waals surface area contributed by atoms with Crippen LogP contribution in [0.3, 0.4) is 0 Å². The second-order valence-corrected chi connectivity index (χ2v) is 10.4. The highest BCUT2D eigenvalue weighted by molar-refractivity contribution is 6.48. The van der Waals surface area contributed by atoms with Crippen LogP contribution in [0.2, 0.25) is 5.02 Å². The molecular formula is C28H24ClN3O7. The minimum Gasteiger partial charge on any atom is -0.478 e. The van der Waals surface area contributed by atoms with Crippen LogP contribution in [0.15, 0.2) is 71.3 Å². The van der Waals surface area contributed by atoms with Gasteiger partial charge >= 0.3 is 5.97 Å². The van der Waals surface area contributed by atoms with Crippen molar-refractivity contribution in [3.8, 4) is 0 Å². The molecular weight excluding hydrogens is 526 g/mol. The molecule has 1 saturated heterocycles. The number of carbonyl (C=O) groups excluding carboxylic acids is 4. The van der Waals surface area contributed by atoms with E-state index in [4.69, 9.17) is 21.2 Å². The lowest BCUT2D eigenvalue weighted by Crippen LogP contribution is -2.31. The summed E-state index contributed by atoms with van der Waals surface area (Å²) in [6.45, 7) is 5.71. The van der Waals surface area contributed by atoms with E-state index in [1.807, 2.05) is 20.8 Å². The standard InChI is InChI=1S/C28H24ClN3O7/c1-28(2,3)19-14-20(31-39-19)32-24(15-7-9-17(29)10-8-15)23(26(37)27(32)38)25(36)16-5-4-6-18(13-16)30-21(33)11-12-22(34)35/h4-14,23-24H,1-3H3,(H,30,33)(H,34,35)/b12-11+. The number of amides is 2. The first-order chi connectivity index (χ1) is 18.4. The zero-order chi connectivity index (χ0) is 28.5. The van der Waals surface area contributed by atoms with Gasteiger partial charge in [-0.15, -0.1) is 0 Å². The number of carboxylic acid groups (broad SMARTS) is 1. The van der Waals surface area contributed by atoms with Gasteiger partial charge in [-0.2, -0.15) is 0 Å². The molecule has 2 unspecified atom stereocenters. The van der Waals surface area contributed by atoms with E-state index in [0.717, 1.165) is 11.0 Å². The highest BCUT2D eigenvalue weighted by Gasteiger charge is 2.53. The van der Waals surface area contributed by atoms with E-state index < -0.39 is 46.7 Å². The number of rotatable bonds is 7. The number of carbonyl (C=O) groups is 5. The normalized spacial score (nSPS) is 17.6. The molecule has 0 aliphatic carbocycles. The van der Waals surface area contributed by atoms with Crippen molar-refractivity contribution in [1.29, 1.82) is 0 Å². The van der Waals surface area contributed by atoms with Crippen LogP contribution in [0.25, 0.3) is 0 Å². The Hall–Kier alpha value is -4.57. The van der Waals surface area contributed by atoms with Crippen LogP contribution >= 0.6 is 11.6 Å². The zero-order valence-electron chi connectivity index (χ0n) is 21.2. The van der Waals surface area contributed by atoms with Crippen molar-refractivity contribution >= 4 is 52.5 Å². The largest absolute Gasteiger partial charge is 0.478 e. The second kappa shape index (κ2) is 10.7. The van der Waals surface area contributed by atoms with E-state index >= 15 is 0 Å². The molecule has 2 heterocycles. The fraction of sp³-hybridized carbons (Fsp3) is 0.214. The Morgan fingerprint density at radius 1 is 1.05 bits per heavy atom. The Morgan fingerprint density at radius 3 is 2.36 bits per heavy atom. The summed E-state index contributed by atoms with van der Waals surface area (Å²) in [7, 11) is 0. The van der Waals surface area contributed by atoms with Crippen LogP contribution in [0, 0.1) is 5.92 Å². The first-order valence-corrected chi connectivity index (χ1v) is 12.2. The molecule has 0 saturated carbocycles. The number of carboxylic acids is 1. The third-order valence-corrected chi connectivity index (χ3v) is 6.33. The number of Topliss-reactive ketones (excluding diaryl/α,β-unsaturated/α-hetero) is 2. The molecule has 2 amide bonds. The lowest BCUT2D eigenvalue weighted by atomic mass is 9.86. The number of hydrogen-bond acceptors (Lipinski definition) is 7. The minimum absolute atomic E-state index is 0.0671. The van der Waals surface area contributed by atoms with Crippen LogP contribution in [0.1, 0.15) is 48.5 Å². The van der Waals surface area contributed by atoms with E-state index in [9.17, 15) is 24.0 Å². The lowest BCUT2D eigenvalue weighted by molar-refractivity contribution is -0.135. The highest BCUT2D eigenvalue weighted by Crippen LogP contribution is 2.42. The molecule has 0 spiro atoms. The van der Waals surface area contributed by atoms with Crippen molar-refractivity contribution in [2.45, 2.75) is 32.2 Å². The number of benzene rings is 2. The predicted octanol–water partition coefficient (Wildman–Crippen LogP) is 4.36. The van der Waals surface area contributed by atoms with Crippen molar-refractivity contribution in [3.63, 3.8) is 0 Å². The average Bonchev–Trinajstić information content (AvgIpc) is 3.46. The van der Waals surface area contributed by atoms with Crippen LogP contribution in [-0.2, 0) is 24.6 Å². The molecule has 1 aliphatic heterocycles. The highest BCUT2D eigenvalue weighted by atomic mass is 35.5. The summed E-state index contributed by atoms with van der Waals surface area (Å²) in [4.78, 5) is 64.2. The quantitative estimate of drug-likeness (QED) is 0.191. The summed E-state index contributed by atoms with van der Waals surface area (Å²) in [5.74, 6) is -5.33. The molecule has 11 heteroatoms. The number of hydrogen-bond donors (Lipinski definition) is 2. The van der Waals surface area contributed by atoms with Gasteiger partial charge in [0.15, 0.2) is 11.6 Å². The summed E-state index contributed by atoms with van der Waals surface area (Å²) < 4.78 is 5.45. The number of aliphatic carboxylic acids is 1. The van der Waals surface area contributed by atoms with Crippen molar-refractivity contribution in [2.75, 3.05) is 10.2 Å². The number of ketones is 2. The Morgan fingerprint density at radius 2 is 1.74 bits per heavy atom. The van der Waals surface area contributed by atoms with Gasteiger partial charge in [-0.3, -0.25) is 24.1 Å². The molecule has 1 aliphatic rings. The molecule has 1 fully saturated rings. The first-order valence-electron chi connectivity index (χ1n) is 11.8. The third-order valence-electron chi connectivity index (χ3n) is 6.08. The molecule has 2 N–H and O–H groups in total. The molecule has 10 nitrogen and oxygen atoms in total. The topological polar surface area (TPSA) is 147 Å². The maximum Gasteiger partial charge on any atom is 0.328 e. The molecule has 0 bridgehead atoms. The van der Waals surface area contributed by atoms with Gasteiger partial charge in [-0.05, 0) is 29.8 Å². The molecule has 39 heavy (non-hydrogen) atoms. The summed E-state index contributed by atoms with van der Waals surface area (Å²) in [6.07, 6.45) is 1.50. The van der Waals surface area contributed by atoms with Crippen molar-refractivity contribution < 1.29 is 33.6 Å². The van der Waals surface area contributed by atoms with E-state index in [0.29, 0.717) is 22.4 Å². The summed E-state index contributed by atoms with van der Waals surface area (Å²) >= 11 is 6.06. The van der Waals surface area contributed by atoms with Crippen LogP contribution < -0.4 is 10.2 Å². The van der Waals surface area contributed by atoms with E-state index in [1.165, 1.54) is 24.3 Å². The fourth-order valence-electron chi connectivity index (χ4n) is 4.17. The van der Waals surface area contributed by atoms with Gasteiger partial charge in [0.05, 0.1) is 6.04 Å². The number of aromatic nitrogens is 1. The summed E-state index contributed by atoms with van der Waals surface area (Å²) in [5.41, 5.74) is 0.329. The third kappa shape index (κ3) is 5.80. The summed E-state index contributed by atoms with van der Waals surface area (Å²) in [6, 6.07) is 12.8. The SMILES string of the molecule is CC(C)(C)c1cc(N2C(=O)C(=O)C(C(=O)c3cccc(NC(=O)/C=C/C(=O)O)c3)C2c2ccc(Cl)cc2)no1. The molecule has 200 valence electrons. The van der Waals surface area contributed by atoms with Crippen molar-refractivity contribution in [1.82, 2.24) is 5.16 Å². The number of nitrogens with one attached hydrogen (secondary N) is 1. The maximum absolute atomic E-state index is 13.8. The Balaban J connectivity index is 1.74. The van der Waals surface area contributed by atoms with Gasteiger partial charge in [0.25, 0.3) is 5.91 Å².